The summed E-state index contributed by atoms with van der Waals surface area (Å²) in [5.41, 5.74) is 1.02. The van der Waals surface area contributed by atoms with Gasteiger partial charge in [0.2, 0.25) is 0 Å². The fourth-order valence-electron chi connectivity index (χ4n) is 0.553. The van der Waals surface area contributed by atoms with Gasteiger partial charge in [-0.05, 0) is 18.0 Å². The summed E-state index contributed by atoms with van der Waals surface area (Å²) in [7, 11) is 0. The number of hydrogen-bond acceptors (Lipinski definition) is 3. The Morgan fingerprint density at radius 1 is 1.78 bits per heavy atom. The molecule has 0 spiro atoms. The van der Waals surface area contributed by atoms with Crippen molar-refractivity contribution in [2.24, 2.45) is 0 Å². The molecular formula is C6H9N2S. The quantitative estimate of drug-likeness (QED) is 0.642. The van der Waals surface area contributed by atoms with Crippen molar-refractivity contribution < 1.29 is 0 Å². The van der Waals surface area contributed by atoms with Gasteiger partial charge in [0, 0.05) is 11.8 Å². The van der Waals surface area contributed by atoms with Gasteiger partial charge in [-0.25, -0.2) is 0 Å². The smallest absolute Gasteiger partial charge is 0.0793 e. The summed E-state index contributed by atoms with van der Waals surface area (Å²) in [6.45, 7) is 2.15. The highest BCUT2D eigenvalue weighted by atomic mass is 32.1. The van der Waals surface area contributed by atoms with Crippen molar-refractivity contribution in [2.75, 3.05) is 0 Å². The fraction of sp³-hybridized carbons (Fsp3) is 0.500. The van der Waals surface area contributed by atoms with Gasteiger partial charge < -0.3 is 0 Å². The minimum Gasteiger partial charge on any atom is -0.143 e. The van der Waals surface area contributed by atoms with Crippen LogP contribution in [0.3, 0.4) is 0 Å². The Hall–Kier alpha value is -0.440. The second-order valence-electron chi connectivity index (χ2n) is 1.82. The zero-order valence-corrected chi connectivity index (χ0v) is 6.19. The molecular weight excluding hydrogens is 132 g/mol. The average molecular weight is 141 g/mol. The predicted octanol–water partition coefficient (Wildman–Crippen LogP) is 1.89. The maximum Gasteiger partial charge on any atom is 0.0793 e. The number of nitrogens with zero attached hydrogens (tertiary/aromatic N) is 2. The topological polar surface area (TPSA) is 25.8 Å². The molecule has 0 amide bonds. The molecule has 0 N–H and O–H groups in total. The molecule has 1 aromatic heterocycles. The number of hydrogen-bond donors (Lipinski definition) is 0. The van der Waals surface area contributed by atoms with Gasteiger partial charge in [0.15, 0.2) is 0 Å². The molecule has 3 heteroatoms. The standard InChI is InChI=1S/C6H9N2S/c1-2-3-4-6-5-9-8-7-6/h4-5H,2-3H2,1H3. The Bertz CT molecular complexity index is 148. The summed E-state index contributed by atoms with van der Waals surface area (Å²) >= 11 is 1.40. The second-order valence-corrected chi connectivity index (χ2v) is 2.43. The summed E-state index contributed by atoms with van der Waals surface area (Å²) < 4.78 is 3.74. The van der Waals surface area contributed by atoms with E-state index in [9.17, 15) is 0 Å². The molecule has 0 bridgehead atoms. The van der Waals surface area contributed by atoms with Crippen molar-refractivity contribution in [3.63, 3.8) is 0 Å². The zero-order chi connectivity index (χ0) is 6.53. The van der Waals surface area contributed by atoms with Crippen molar-refractivity contribution in [3.05, 3.63) is 17.5 Å². The van der Waals surface area contributed by atoms with Crippen LogP contribution in [0.5, 0.6) is 0 Å². The monoisotopic (exact) mass is 141 g/mol. The third-order valence-corrected chi connectivity index (χ3v) is 1.54. The first kappa shape index (κ1) is 6.68. The van der Waals surface area contributed by atoms with Gasteiger partial charge in [-0.3, -0.25) is 0 Å². The molecule has 0 fully saturated rings. The van der Waals surface area contributed by atoms with Crippen LogP contribution in [-0.2, 0) is 0 Å². The molecule has 49 valence electrons. The van der Waals surface area contributed by atoms with Gasteiger partial charge in [0.25, 0.3) is 0 Å². The van der Waals surface area contributed by atoms with E-state index in [1.54, 1.807) is 0 Å². The van der Waals surface area contributed by atoms with Gasteiger partial charge >= 0.3 is 0 Å². The van der Waals surface area contributed by atoms with Crippen LogP contribution in [-0.4, -0.2) is 9.59 Å². The number of aromatic nitrogens is 2. The van der Waals surface area contributed by atoms with Crippen molar-refractivity contribution >= 4 is 11.5 Å². The molecule has 0 unspecified atom stereocenters. The lowest BCUT2D eigenvalue weighted by Crippen LogP contribution is -1.79. The van der Waals surface area contributed by atoms with E-state index in [0.717, 1.165) is 12.1 Å². The van der Waals surface area contributed by atoms with E-state index >= 15 is 0 Å². The zero-order valence-electron chi connectivity index (χ0n) is 5.37. The third-order valence-electron chi connectivity index (χ3n) is 1.02. The summed E-state index contributed by atoms with van der Waals surface area (Å²) in [4.78, 5) is 0. The Balaban J connectivity index is 2.30. The maximum absolute atomic E-state index is 3.87. The van der Waals surface area contributed by atoms with Crippen LogP contribution in [0.1, 0.15) is 25.5 Å². The highest BCUT2D eigenvalue weighted by Gasteiger charge is 1.93. The van der Waals surface area contributed by atoms with Crippen LogP contribution in [0, 0.1) is 6.42 Å². The van der Waals surface area contributed by atoms with Crippen LogP contribution < -0.4 is 0 Å². The van der Waals surface area contributed by atoms with Crippen molar-refractivity contribution in [1.82, 2.24) is 9.59 Å². The molecule has 1 aromatic rings. The normalized spacial score (nSPS) is 9.89. The molecule has 1 radical (unpaired) electrons. The first-order valence-corrected chi connectivity index (χ1v) is 3.87. The minimum atomic E-state index is 1.02. The van der Waals surface area contributed by atoms with E-state index in [2.05, 4.69) is 22.9 Å². The average Bonchev–Trinajstić information content (AvgIpc) is 2.34. The Labute approximate surface area is 59.1 Å². The van der Waals surface area contributed by atoms with Crippen LogP contribution in [0.15, 0.2) is 5.38 Å². The molecule has 0 saturated heterocycles. The number of rotatable bonds is 3. The van der Waals surface area contributed by atoms with E-state index in [-0.39, 0.29) is 0 Å². The molecule has 1 heterocycles. The summed E-state index contributed by atoms with van der Waals surface area (Å²) in [5.74, 6) is 0. The fourth-order valence-corrected chi connectivity index (χ4v) is 0.993. The molecule has 0 saturated carbocycles. The molecule has 0 aromatic carbocycles. The largest absolute Gasteiger partial charge is 0.143 e. The Morgan fingerprint density at radius 2 is 2.67 bits per heavy atom. The highest BCUT2D eigenvalue weighted by molar-refractivity contribution is 7.03. The molecule has 2 nitrogen and oxygen atoms in total. The van der Waals surface area contributed by atoms with Crippen LogP contribution in [0.25, 0.3) is 0 Å². The second kappa shape index (κ2) is 3.56. The van der Waals surface area contributed by atoms with Crippen LogP contribution in [0.4, 0.5) is 0 Å². The van der Waals surface area contributed by atoms with Crippen molar-refractivity contribution in [1.29, 1.82) is 0 Å². The van der Waals surface area contributed by atoms with Gasteiger partial charge in [-0.2, -0.15) is 0 Å². The summed E-state index contributed by atoms with van der Waals surface area (Å²) in [6, 6.07) is 0. The first-order valence-electron chi connectivity index (χ1n) is 3.03. The lowest BCUT2D eigenvalue weighted by Gasteiger charge is -1.87. The third kappa shape index (κ3) is 2.10. The Morgan fingerprint density at radius 3 is 3.22 bits per heavy atom. The van der Waals surface area contributed by atoms with E-state index < -0.39 is 0 Å². The highest BCUT2D eigenvalue weighted by Crippen LogP contribution is 2.04. The van der Waals surface area contributed by atoms with Crippen LogP contribution in [0.2, 0.25) is 0 Å². The lowest BCUT2D eigenvalue weighted by atomic mass is 10.2. The SMILES string of the molecule is CCC[CH]c1csnn1. The van der Waals surface area contributed by atoms with Crippen LogP contribution >= 0.6 is 11.5 Å². The number of unbranched alkanes of at least 4 members (excludes halogenated alkanes) is 1. The van der Waals surface area contributed by atoms with Gasteiger partial charge in [0.1, 0.15) is 0 Å². The van der Waals surface area contributed by atoms with Gasteiger partial charge in [-0.15, -0.1) is 5.10 Å². The van der Waals surface area contributed by atoms with E-state index in [0.29, 0.717) is 0 Å². The molecule has 9 heavy (non-hydrogen) atoms. The molecule has 0 aliphatic heterocycles. The Kier molecular flexibility index (Phi) is 2.64. The summed E-state index contributed by atoms with van der Waals surface area (Å²) in [5, 5.41) is 5.82. The molecule has 0 aliphatic carbocycles. The maximum atomic E-state index is 3.87. The molecule has 0 atom stereocenters. The first-order chi connectivity index (χ1) is 4.43. The van der Waals surface area contributed by atoms with E-state index in [1.807, 2.05) is 5.38 Å². The lowest BCUT2D eigenvalue weighted by molar-refractivity contribution is 0.895. The van der Waals surface area contributed by atoms with E-state index in [4.69, 9.17) is 0 Å². The molecule has 0 aliphatic rings. The molecule has 1 rings (SSSR count). The minimum absolute atomic E-state index is 1.02. The van der Waals surface area contributed by atoms with Crippen molar-refractivity contribution in [2.45, 2.75) is 19.8 Å². The van der Waals surface area contributed by atoms with E-state index in [1.165, 1.54) is 18.0 Å². The summed E-state index contributed by atoms with van der Waals surface area (Å²) in [6.07, 6.45) is 4.38. The van der Waals surface area contributed by atoms with Gasteiger partial charge in [-0.1, -0.05) is 17.8 Å². The van der Waals surface area contributed by atoms with Gasteiger partial charge in [0.05, 0.1) is 5.69 Å². The van der Waals surface area contributed by atoms with Crippen molar-refractivity contribution in [3.8, 4) is 0 Å². The predicted molar refractivity (Wildman–Crippen MR) is 38.2 cm³/mol.